The number of aryl methyl sites for hydroxylation is 1. The van der Waals surface area contributed by atoms with Crippen LogP contribution in [0.1, 0.15) is 25.2 Å². The maximum Gasteiger partial charge on any atom is 0.227 e. The van der Waals surface area contributed by atoms with Gasteiger partial charge >= 0.3 is 0 Å². The number of likely N-dealkylation sites (tertiary alicyclic amines) is 1. The summed E-state index contributed by atoms with van der Waals surface area (Å²) in [7, 11) is 0. The molecule has 3 heterocycles. The van der Waals surface area contributed by atoms with Gasteiger partial charge in [-0.2, -0.15) is 4.98 Å². The van der Waals surface area contributed by atoms with E-state index in [0.717, 1.165) is 0 Å². The molecule has 0 radical (unpaired) electrons. The summed E-state index contributed by atoms with van der Waals surface area (Å²) in [6, 6.07) is 5.86. The summed E-state index contributed by atoms with van der Waals surface area (Å²) >= 11 is 0. The molecule has 0 N–H and O–H groups in total. The van der Waals surface area contributed by atoms with Crippen molar-refractivity contribution < 1.29 is 23.2 Å². The lowest BCUT2D eigenvalue weighted by molar-refractivity contribution is -0.187. The molecule has 2 aliphatic heterocycles. The highest BCUT2D eigenvalue weighted by atomic mass is 19.1. The smallest absolute Gasteiger partial charge is 0.227 e. The largest absolute Gasteiger partial charge is 0.347 e. The summed E-state index contributed by atoms with van der Waals surface area (Å²) in [5.74, 6) is 0.0449. The SMILES string of the molecule is O=C(CCc1nc(-c2ccc(F)cc2)no1)N1CCC2(CC1)OCCO2. The van der Waals surface area contributed by atoms with E-state index in [1.165, 1.54) is 12.1 Å². The van der Waals surface area contributed by atoms with Gasteiger partial charge in [-0.25, -0.2) is 4.39 Å². The Kier molecular flexibility index (Phi) is 4.69. The quantitative estimate of drug-likeness (QED) is 0.831. The van der Waals surface area contributed by atoms with Gasteiger partial charge in [0.2, 0.25) is 17.6 Å². The number of ether oxygens (including phenoxy) is 2. The van der Waals surface area contributed by atoms with E-state index < -0.39 is 5.79 Å². The molecule has 1 amide bonds. The van der Waals surface area contributed by atoms with Crippen LogP contribution in [0, 0.1) is 5.82 Å². The molecule has 2 aromatic rings. The van der Waals surface area contributed by atoms with Gasteiger partial charge in [-0.15, -0.1) is 0 Å². The van der Waals surface area contributed by atoms with Gasteiger partial charge in [0.15, 0.2) is 5.79 Å². The van der Waals surface area contributed by atoms with E-state index >= 15 is 0 Å². The van der Waals surface area contributed by atoms with Gasteiger partial charge in [0.1, 0.15) is 5.82 Å². The molecule has 2 fully saturated rings. The van der Waals surface area contributed by atoms with Gasteiger partial charge < -0.3 is 18.9 Å². The molecule has 0 aliphatic carbocycles. The second-order valence-corrected chi connectivity index (χ2v) is 6.51. The van der Waals surface area contributed by atoms with E-state index in [9.17, 15) is 9.18 Å². The number of benzene rings is 1. The fraction of sp³-hybridized carbons (Fsp3) is 0.500. The lowest BCUT2D eigenvalue weighted by Crippen LogP contribution is -2.47. The third-order valence-electron chi connectivity index (χ3n) is 4.81. The highest BCUT2D eigenvalue weighted by molar-refractivity contribution is 5.76. The van der Waals surface area contributed by atoms with Crippen LogP contribution in [-0.4, -0.2) is 53.0 Å². The summed E-state index contributed by atoms with van der Waals surface area (Å²) in [5, 5.41) is 3.89. The fourth-order valence-electron chi connectivity index (χ4n) is 3.33. The molecule has 26 heavy (non-hydrogen) atoms. The number of hydrogen-bond acceptors (Lipinski definition) is 6. The Labute approximate surface area is 150 Å². The maximum atomic E-state index is 13.0. The third-order valence-corrected chi connectivity index (χ3v) is 4.81. The van der Waals surface area contributed by atoms with Crippen LogP contribution in [0.2, 0.25) is 0 Å². The molecule has 0 bridgehead atoms. The number of aromatic nitrogens is 2. The molecule has 8 heteroatoms. The van der Waals surface area contributed by atoms with Crippen LogP contribution in [0.15, 0.2) is 28.8 Å². The van der Waals surface area contributed by atoms with Crippen molar-refractivity contribution in [2.75, 3.05) is 26.3 Å². The first-order valence-electron chi connectivity index (χ1n) is 8.78. The molecule has 1 aromatic carbocycles. The number of nitrogens with zero attached hydrogens (tertiary/aromatic N) is 3. The topological polar surface area (TPSA) is 77.7 Å². The molecule has 7 nitrogen and oxygen atoms in total. The highest BCUT2D eigenvalue weighted by Crippen LogP contribution is 2.31. The molecular weight excluding hydrogens is 341 g/mol. The third kappa shape index (κ3) is 3.61. The fourth-order valence-corrected chi connectivity index (χ4v) is 3.33. The van der Waals surface area contributed by atoms with Crippen LogP contribution >= 0.6 is 0 Å². The minimum atomic E-state index is -0.479. The summed E-state index contributed by atoms with van der Waals surface area (Å²) in [5.41, 5.74) is 0.672. The Bertz CT molecular complexity index is 761. The average Bonchev–Trinajstić information content (AvgIpc) is 3.31. The van der Waals surface area contributed by atoms with Gasteiger partial charge in [0.25, 0.3) is 0 Å². The number of amides is 1. The second kappa shape index (κ2) is 7.13. The first kappa shape index (κ1) is 17.1. The maximum absolute atomic E-state index is 13.0. The normalized spacial score (nSPS) is 19.2. The van der Waals surface area contributed by atoms with Gasteiger partial charge in [-0.3, -0.25) is 4.79 Å². The summed E-state index contributed by atoms with van der Waals surface area (Å²) in [6.07, 6.45) is 2.09. The molecule has 1 aromatic heterocycles. The van der Waals surface area contributed by atoms with Crippen molar-refractivity contribution in [3.8, 4) is 11.4 Å². The number of piperidine rings is 1. The summed E-state index contributed by atoms with van der Waals surface area (Å²) in [6.45, 7) is 2.51. The van der Waals surface area contributed by atoms with Crippen LogP contribution in [0.5, 0.6) is 0 Å². The predicted molar refractivity (Wildman–Crippen MR) is 88.5 cm³/mol. The molecule has 0 saturated carbocycles. The van der Waals surface area contributed by atoms with Crippen molar-refractivity contribution in [2.45, 2.75) is 31.5 Å². The van der Waals surface area contributed by atoms with Gasteiger partial charge in [-0.05, 0) is 24.3 Å². The van der Waals surface area contributed by atoms with E-state index in [2.05, 4.69) is 10.1 Å². The van der Waals surface area contributed by atoms with Gasteiger partial charge in [-0.1, -0.05) is 5.16 Å². The minimum absolute atomic E-state index is 0.0550. The average molecular weight is 361 g/mol. The number of rotatable bonds is 4. The van der Waals surface area contributed by atoms with E-state index in [0.29, 0.717) is 69.3 Å². The van der Waals surface area contributed by atoms with E-state index in [1.807, 2.05) is 4.90 Å². The lowest BCUT2D eigenvalue weighted by atomic mass is 10.0. The summed E-state index contributed by atoms with van der Waals surface area (Å²) in [4.78, 5) is 18.5. The van der Waals surface area contributed by atoms with Crippen LogP contribution in [-0.2, 0) is 20.7 Å². The number of hydrogen-bond donors (Lipinski definition) is 0. The van der Waals surface area contributed by atoms with Crippen molar-refractivity contribution in [3.05, 3.63) is 36.0 Å². The molecule has 0 atom stereocenters. The Morgan fingerprint density at radius 3 is 2.54 bits per heavy atom. The van der Waals surface area contributed by atoms with Crippen molar-refractivity contribution in [1.29, 1.82) is 0 Å². The van der Waals surface area contributed by atoms with E-state index in [1.54, 1.807) is 12.1 Å². The molecule has 0 unspecified atom stereocenters. The first-order chi connectivity index (χ1) is 12.6. The highest BCUT2D eigenvalue weighted by Gasteiger charge is 2.40. The Hall–Kier alpha value is -2.32. The predicted octanol–water partition coefficient (Wildman–Crippen LogP) is 2.17. The van der Waals surface area contributed by atoms with E-state index in [-0.39, 0.29) is 11.7 Å². The van der Waals surface area contributed by atoms with Crippen molar-refractivity contribution in [1.82, 2.24) is 15.0 Å². The molecule has 1 spiro atoms. The number of carbonyl (C=O) groups excluding carboxylic acids is 1. The second-order valence-electron chi connectivity index (χ2n) is 6.51. The van der Waals surface area contributed by atoms with Crippen molar-refractivity contribution >= 4 is 5.91 Å². The number of halogens is 1. The zero-order valence-electron chi connectivity index (χ0n) is 14.3. The minimum Gasteiger partial charge on any atom is -0.347 e. The van der Waals surface area contributed by atoms with Crippen LogP contribution in [0.4, 0.5) is 4.39 Å². The molecule has 2 saturated heterocycles. The Morgan fingerprint density at radius 2 is 1.85 bits per heavy atom. The zero-order valence-corrected chi connectivity index (χ0v) is 14.3. The van der Waals surface area contributed by atoms with Crippen LogP contribution in [0.25, 0.3) is 11.4 Å². The zero-order chi connectivity index (χ0) is 18.0. The van der Waals surface area contributed by atoms with E-state index in [4.69, 9.17) is 14.0 Å². The van der Waals surface area contributed by atoms with Gasteiger partial charge in [0, 0.05) is 44.3 Å². The standard InChI is InChI=1S/C18H20FN3O4/c19-14-3-1-13(2-4-14)17-20-15(26-21-17)5-6-16(23)22-9-7-18(8-10-22)24-11-12-25-18/h1-4H,5-12H2. The Balaban J connectivity index is 1.29. The summed E-state index contributed by atoms with van der Waals surface area (Å²) < 4.78 is 29.5. The van der Waals surface area contributed by atoms with Crippen molar-refractivity contribution in [2.24, 2.45) is 0 Å². The molecule has 2 aliphatic rings. The van der Waals surface area contributed by atoms with Crippen molar-refractivity contribution in [3.63, 3.8) is 0 Å². The first-order valence-corrected chi connectivity index (χ1v) is 8.78. The number of carbonyl (C=O) groups is 1. The lowest BCUT2D eigenvalue weighted by Gasteiger charge is -2.37. The van der Waals surface area contributed by atoms with Crippen LogP contribution in [0.3, 0.4) is 0 Å². The molecule has 4 rings (SSSR count). The monoisotopic (exact) mass is 361 g/mol. The van der Waals surface area contributed by atoms with Gasteiger partial charge in [0.05, 0.1) is 13.2 Å². The molecular formula is C18H20FN3O4. The van der Waals surface area contributed by atoms with Crippen LogP contribution < -0.4 is 0 Å². The molecule has 138 valence electrons. The Morgan fingerprint density at radius 1 is 1.15 bits per heavy atom.